The number of rotatable bonds is 1. The van der Waals surface area contributed by atoms with E-state index in [4.69, 9.17) is 0 Å². The summed E-state index contributed by atoms with van der Waals surface area (Å²) < 4.78 is 0. The van der Waals surface area contributed by atoms with E-state index in [1.807, 2.05) is 12.1 Å². The molecule has 0 unspecified atom stereocenters. The Bertz CT molecular complexity index is 328. The van der Waals surface area contributed by atoms with Gasteiger partial charge in [-0.25, -0.2) is 0 Å². The van der Waals surface area contributed by atoms with Crippen LogP contribution in [-0.4, -0.2) is 6.04 Å². The Kier molecular flexibility index (Phi) is 3.40. The Morgan fingerprint density at radius 3 is 2.69 bits per heavy atom. The smallest absolute Gasteiger partial charge is 0.0284 e. The molecule has 0 atom stereocenters. The average molecular weight is 173 g/mol. The predicted molar refractivity (Wildman–Crippen MR) is 56.3 cm³/mol. The molecule has 68 valence electrons. The van der Waals surface area contributed by atoms with Crippen LogP contribution in [0.3, 0.4) is 0 Å². The quantitative estimate of drug-likeness (QED) is 0.507. The maximum absolute atomic E-state index is 3.06. The van der Waals surface area contributed by atoms with E-state index in [0.29, 0.717) is 6.04 Å². The highest BCUT2D eigenvalue weighted by atomic mass is 14.8. The van der Waals surface area contributed by atoms with Crippen molar-refractivity contribution in [1.29, 1.82) is 0 Å². The van der Waals surface area contributed by atoms with Crippen molar-refractivity contribution in [2.75, 3.05) is 0 Å². The number of benzene rings is 1. The van der Waals surface area contributed by atoms with Gasteiger partial charge < -0.3 is 5.32 Å². The fraction of sp³-hybridized carbons (Fsp3) is 0.333. The summed E-state index contributed by atoms with van der Waals surface area (Å²) in [6.45, 7) is 6.22. The minimum atomic E-state index is 0.414. The van der Waals surface area contributed by atoms with Gasteiger partial charge in [0.25, 0.3) is 0 Å². The van der Waals surface area contributed by atoms with Crippen LogP contribution in [0.5, 0.6) is 0 Å². The van der Waals surface area contributed by atoms with Crippen molar-refractivity contribution in [1.82, 2.24) is 5.32 Å². The second-order valence-corrected chi connectivity index (χ2v) is 3.42. The number of nitrogens with one attached hydrogen (secondary N) is 1. The topological polar surface area (TPSA) is 12.0 Å². The molecule has 1 aromatic carbocycles. The molecule has 0 aliphatic rings. The Morgan fingerprint density at radius 2 is 2.08 bits per heavy atom. The van der Waals surface area contributed by atoms with Crippen LogP contribution in [0, 0.1) is 18.9 Å². The van der Waals surface area contributed by atoms with Crippen molar-refractivity contribution in [3.8, 4) is 12.0 Å². The molecule has 1 heteroatoms. The third-order valence-corrected chi connectivity index (χ3v) is 1.59. The molecule has 0 saturated heterocycles. The van der Waals surface area contributed by atoms with Crippen LogP contribution < -0.4 is 5.32 Å². The van der Waals surface area contributed by atoms with E-state index in [1.54, 1.807) is 0 Å². The Balaban J connectivity index is 2.66. The van der Waals surface area contributed by atoms with Crippen LogP contribution in [0.25, 0.3) is 0 Å². The Morgan fingerprint density at radius 1 is 1.31 bits per heavy atom. The van der Waals surface area contributed by atoms with Crippen LogP contribution in [0.2, 0.25) is 0 Å². The molecule has 0 aliphatic heterocycles. The standard InChI is InChI=1S/C12H15N/c1-10(2)13-8-7-12-6-4-5-11(3)9-12/h4-6,9-10,13H,1-3H3. The molecular formula is C12H15N. The van der Waals surface area contributed by atoms with Crippen LogP contribution in [0.1, 0.15) is 25.0 Å². The lowest BCUT2D eigenvalue weighted by Crippen LogP contribution is -2.15. The molecule has 1 nitrogen and oxygen atoms in total. The Labute approximate surface area is 80.2 Å². The lowest BCUT2D eigenvalue weighted by molar-refractivity contribution is 0.721. The summed E-state index contributed by atoms with van der Waals surface area (Å²) in [6.07, 6.45) is 0. The molecule has 0 fully saturated rings. The highest BCUT2D eigenvalue weighted by Gasteiger charge is 1.87. The zero-order chi connectivity index (χ0) is 9.68. The molecule has 0 bridgehead atoms. The fourth-order valence-corrected chi connectivity index (χ4v) is 0.975. The van der Waals surface area contributed by atoms with E-state index in [0.717, 1.165) is 5.56 Å². The van der Waals surface area contributed by atoms with Gasteiger partial charge in [0.15, 0.2) is 0 Å². The SMILES string of the molecule is Cc1cccc(C#CNC(C)C)c1. The number of hydrogen-bond acceptors (Lipinski definition) is 1. The van der Waals surface area contributed by atoms with Gasteiger partial charge in [0, 0.05) is 17.6 Å². The summed E-state index contributed by atoms with van der Waals surface area (Å²) in [5.41, 5.74) is 2.31. The van der Waals surface area contributed by atoms with E-state index in [2.05, 4.69) is 50.2 Å². The normalized spacial score (nSPS) is 9.23. The van der Waals surface area contributed by atoms with E-state index in [9.17, 15) is 0 Å². The first-order valence-electron chi connectivity index (χ1n) is 4.51. The van der Waals surface area contributed by atoms with Crippen LogP contribution in [0.4, 0.5) is 0 Å². The molecule has 1 N–H and O–H groups in total. The van der Waals surface area contributed by atoms with Crippen molar-refractivity contribution < 1.29 is 0 Å². The lowest BCUT2D eigenvalue weighted by Gasteiger charge is -1.98. The second-order valence-electron chi connectivity index (χ2n) is 3.42. The predicted octanol–water partition coefficient (Wildman–Crippen LogP) is 2.30. The van der Waals surface area contributed by atoms with Gasteiger partial charge in [-0.1, -0.05) is 12.1 Å². The van der Waals surface area contributed by atoms with E-state index in [-0.39, 0.29) is 0 Å². The van der Waals surface area contributed by atoms with Crippen molar-refractivity contribution in [3.63, 3.8) is 0 Å². The van der Waals surface area contributed by atoms with Gasteiger partial charge in [0.05, 0.1) is 0 Å². The highest BCUT2D eigenvalue weighted by Crippen LogP contribution is 2.01. The van der Waals surface area contributed by atoms with Gasteiger partial charge in [-0.15, -0.1) is 0 Å². The summed E-state index contributed by atoms with van der Waals surface area (Å²) >= 11 is 0. The van der Waals surface area contributed by atoms with Crippen molar-refractivity contribution in [3.05, 3.63) is 35.4 Å². The largest absolute Gasteiger partial charge is 0.343 e. The molecule has 0 saturated carbocycles. The molecule has 0 radical (unpaired) electrons. The first kappa shape index (κ1) is 9.67. The van der Waals surface area contributed by atoms with Crippen LogP contribution in [-0.2, 0) is 0 Å². The minimum absolute atomic E-state index is 0.414. The van der Waals surface area contributed by atoms with Crippen LogP contribution >= 0.6 is 0 Å². The van der Waals surface area contributed by atoms with Crippen molar-refractivity contribution in [2.45, 2.75) is 26.8 Å². The molecule has 1 aromatic rings. The summed E-state index contributed by atoms with van der Waals surface area (Å²) in [6, 6.07) is 11.5. The molecule has 0 aliphatic carbocycles. The molecule has 1 rings (SSSR count). The second kappa shape index (κ2) is 4.57. The lowest BCUT2D eigenvalue weighted by atomic mass is 10.1. The zero-order valence-corrected chi connectivity index (χ0v) is 8.39. The monoisotopic (exact) mass is 173 g/mol. The van der Waals surface area contributed by atoms with Gasteiger partial charge in [0.1, 0.15) is 0 Å². The fourth-order valence-electron chi connectivity index (χ4n) is 0.975. The minimum Gasteiger partial charge on any atom is -0.343 e. The molecule has 0 heterocycles. The number of aryl methyl sites for hydroxylation is 1. The first-order chi connectivity index (χ1) is 6.18. The maximum Gasteiger partial charge on any atom is 0.0284 e. The molecule has 13 heavy (non-hydrogen) atoms. The maximum atomic E-state index is 3.06. The third kappa shape index (κ3) is 3.66. The summed E-state index contributed by atoms with van der Waals surface area (Å²) in [5, 5.41) is 3.05. The Hall–Kier alpha value is -1.42. The van der Waals surface area contributed by atoms with E-state index in [1.165, 1.54) is 5.56 Å². The molecule has 0 spiro atoms. The summed E-state index contributed by atoms with van der Waals surface area (Å²) in [7, 11) is 0. The highest BCUT2D eigenvalue weighted by molar-refractivity contribution is 5.36. The van der Waals surface area contributed by atoms with Gasteiger partial charge in [-0.3, -0.25) is 0 Å². The van der Waals surface area contributed by atoms with Crippen LogP contribution in [0.15, 0.2) is 24.3 Å². The van der Waals surface area contributed by atoms with Gasteiger partial charge in [-0.05, 0) is 44.4 Å². The van der Waals surface area contributed by atoms with Crippen molar-refractivity contribution >= 4 is 0 Å². The van der Waals surface area contributed by atoms with Gasteiger partial charge in [-0.2, -0.15) is 0 Å². The first-order valence-corrected chi connectivity index (χ1v) is 4.51. The zero-order valence-electron chi connectivity index (χ0n) is 8.39. The van der Waals surface area contributed by atoms with Crippen molar-refractivity contribution in [2.24, 2.45) is 0 Å². The van der Waals surface area contributed by atoms with Gasteiger partial charge in [0.2, 0.25) is 0 Å². The average Bonchev–Trinajstić information content (AvgIpc) is 2.03. The van der Waals surface area contributed by atoms with E-state index < -0.39 is 0 Å². The molecule has 0 amide bonds. The summed E-state index contributed by atoms with van der Waals surface area (Å²) in [4.78, 5) is 0. The van der Waals surface area contributed by atoms with E-state index >= 15 is 0 Å². The summed E-state index contributed by atoms with van der Waals surface area (Å²) in [5.74, 6) is 3.06. The molecule has 0 aromatic heterocycles. The van der Waals surface area contributed by atoms with Gasteiger partial charge >= 0.3 is 0 Å². The third-order valence-electron chi connectivity index (χ3n) is 1.59. The number of hydrogen-bond donors (Lipinski definition) is 1. The molecular weight excluding hydrogens is 158 g/mol.